The first-order valence-electron chi connectivity index (χ1n) is 7.52. The Balaban J connectivity index is 1.53. The number of carbonyl (C=O) groups excluding carboxylic acids is 1. The third-order valence-corrected chi connectivity index (χ3v) is 3.79. The third-order valence-electron chi connectivity index (χ3n) is 3.79. The average molecular weight is 284 g/mol. The highest BCUT2D eigenvalue weighted by atomic mass is 16.2. The van der Waals surface area contributed by atoms with Crippen molar-refractivity contribution in [1.82, 2.24) is 20.2 Å². The summed E-state index contributed by atoms with van der Waals surface area (Å²) in [4.78, 5) is 22.9. The van der Waals surface area contributed by atoms with Gasteiger partial charge in [0.05, 0.1) is 29.5 Å². The van der Waals surface area contributed by atoms with Crippen molar-refractivity contribution in [3.05, 3.63) is 36.2 Å². The van der Waals surface area contributed by atoms with Gasteiger partial charge in [0.1, 0.15) is 0 Å². The van der Waals surface area contributed by atoms with E-state index < -0.39 is 0 Å². The van der Waals surface area contributed by atoms with Crippen LogP contribution in [0.4, 0.5) is 0 Å². The standard InChI is InChI=1S/C16H20N4O/c21-16(20-8-4-1-5-9-20)12-17-10-13-11-18-14-6-2-3-7-15(14)19-13/h2-3,6-7,11,17H,1,4-5,8-10,12H2. The quantitative estimate of drug-likeness (QED) is 0.929. The van der Waals surface area contributed by atoms with Crippen molar-refractivity contribution in [2.24, 2.45) is 0 Å². The van der Waals surface area contributed by atoms with Gasteiger partial charge in [-0.15, -0.1) is 0 Å². The third kappa shape index (κ3) is 3.55. The SMILES string of the molecule is O=C(CNCc1cnc2ccccc2n1)N1CCCCC1. The Bertz CT molecular complexity index is 622. The number of para-hydroxylation sites is 2. The summed E-state index contributed by atoms with van der Waals surface area (Å²) in [6, 6.07) is 7.80. The fourth-order valence-electron chi connectivity index (χ4n) is 2.63. The van der Waals surface area contributed by atoms with Crippen LogP contribution in [0.2, 0.25) is 0 Å². The minimum Gasteiger partial charge on any atom is -0.342 e. The Morgan fingerprint density at radius 1 is 1.14 bits per heavy atom. The van der Waals surface area contributed by atoms with E-state index in [1.54, 1.807) is 6.20 Å². The maximum atomic E-state index is 12.0. The number of amides is 1. The molecule has 21 heavy (non-hydrogen) atoms. The second-order valence-corrected chi connectivity index (χ2v) is 5.40. The fourth-order valence-corrected chi connectivity index (χ4v) is 2.63. The van der Waals surface area contributed by atoms with Crippen molar-refractivity contribution in [1.29, 1.82) is 0 Å². The van der Waals surface area contributed by atoms with E-state index in [9.17, 15) is 4.79 Å². The lowest BCUT2D eigenvalue weighted by atomic mass is 10.1. The van der Waals surface area contributed by atoms with Crippen LogP contribution in [-0.2, 0) is 11.3 Å². The molecule has 0 atom stereocenters. The first-order valence-corrected chi connectivity index (χ1v) is 7.52. The highest BCUT2D eigenvalue weighted by molar-refractivity contribution is 5.78. The number of piperidine rings is 1. The Morgan fingerprint density at radius 3 is 2.71 bits per heavy atom. The lowest BCUT2D eigenvalue weighted by molar-refractivity contribution is -0.131. The first-order chi connectivity index (χ1) is 10.3. The minimum atomic E-state index is 0.184. The van der Waals surface area contributed by atoms with Gasteiger partial charge in [0, 0.05) is 19.6 Å². The molecule has 3 rings (SSSR count). The summed E-state index contributed by atoms with van der Waals surface area (Å²) in [6.45, 7) is 2.73. The van der Waals surface area contributed by atoms with Gasteiger partial charge in [0.15, 0.2) is 0 Å². The zero-order valence-corrected chi connectivity index (χ0v) is 12.1. The van der Waals surface area contributed by atoms with E-state index in [1.165, 1.54) is 6.42 Å². The van der Waals surface area contributed by atoms with Crippen molar-refractivity contribution >= 4 is 16.9 Å². The summed E-state index contributed by atoms with van der Waals surface area (Å²) >= 11 is 0. The summed E-state index contributed by atoms with van der Waals surface area (Å²) in [5.41, 5.74) is 2.64. The fraction of sp³-hybridized carbons (Fsp3) is 0.438. The summed E-state index contributed by atoms with van der Waals surface area (Å²) < 4.78 is 0. The Morgan fingerprint density at radius 2 is 1.90 bits per heavy atom. The molecule has 1 fully saturated rings. The number of hydrogen-bond acceptors (Lipinski definition) is 4. The number of carbonyl (C=O) groups is 1. The highest BCUT2D eigenvalue weighted by Crippen LogP contribution is 2.09. The number of benzene rings is 1. The Hall–Kier alpha value is -2.01. The molecule has 1 aromatic carbocycles. The van der Waals surface area contributed by atoms with Crippen LogP contribution in [0.15, 0.2) is 30.5 Å². The van der Waals surface area contributed by atoms with Gasteiger partial charge in [-0.3, -0.25) is 9.78 Å². The van der Waals surface area contributed by atoms with Crippen molar-refractivity contribution in [3.8, 4) is 0 Å². The van der Waals surface area contributed by atoms with Crippen LogP contribution in [0, 0.1) is 0 Å². The van der Waals surface area contributed by atoms with Crippen molar-refractivity contribution in [2.75, 3.05) is 19.6 Å². The van der Waals surface area contributed by atoms with E-state index >= 15 is 0 Å². The Labute approximate surface area is 124 Å². The van der Waals surface area contributed by atoms with Crippen LogP contribution in [0.3, 0.4) is 0 Å². The van der Waals surface area contributed by atoms with Crippen molar-refractivity contribution in [2.45, 2.75) is 25.8 Å². The van der Waals surface area contributed by atoms with Crippen molar-refractivity contribution in [3.63, 3.8) is 0 Å². The minimum absolute atomic E-state index is 0.184. The van der Waals surface area contributed by atoms with Crippen LogP contribution >= 0.6 is 0 Å². The highest BCUT2D eigenvalue weighted by Gasteiger charge is 2.15. The second kappa shape index (κ2) is 6.63. The van der Waals surface area contributed by atoms with Crippen LogP contribution in [-0.4, -0.2) is 40.4 Å². The van der Waals surface area contributed by atoms with Gasteiger partial charge in [-0.05, 0) is 31.4 Å². The number of nitrogens with one attached hydrogen (secondary N) is 1. The molecule has 1 aromatic heterocycles. The molecule has 1 aliphatic rings. The number of fused-ring (bicyclic) bond motifs is 1. The smallest absolute Gasteiger partial charge is 0.236 e. The maximum Gasteiger partial charge on any atom is 0.236 e. The van der Waals surface area contributed by atoms with E-state index in [4.69, 9.17) is 0 Å². The van der Waals surface area contributed by atoms with Crippen LogP contribution in [0.5, 0.6) is 0 Å². The molecular weight excluding hydrogens is 264 g/mol. The summed E-state index contributed by atoms with van der Waals surface area (Å²) in [5, 5.41) is 3.17. The normalized spacial score (nSPS) is 15.3. The molecule has 0 unspecified atom stereocenters. The van der Waals surface area contributed by atoms with Crippen molar-refractivity contribution < 1.29 is 4.79 Å². The molecule has 0 spiro atoms. The van der Waals surface area contributed by atoms with Gasteiger partial charge in [0.25, 0.3) is 0 Å². The van der Waals surface area contributed by atoms with Gasteiger partial charge in [-0.2, -0.15) is 0 Å². The second-order valence-electron chi connectivity index (χ2n) is 5.40. The van der Waals surface area contributed by atoms with Crippen LogP contribution < -0.4 is 5.32 Å². The Kier molecular flexibility index (Phi) is 4.40. The maximum absolute atomic E-state index is 12.0. The zero-order valence-electron chi connectivity index (χ0n) is 12.1. The first kappa shape index (κ1) is 13.9. The molecule has 1 amide bonds. The van der Waals surface area contributed by atoms with Crippen LogP contribution in [0.25, 0.3) is 11.0 Å². The van der Waals surface area contributed by atoms with E-state index in [-0.39, 0.29) is 5.91 Å². The molecule has 5 nitrogen and oxygen atoms in total. The predicted octanol–water partition coefficient (Wildman–Crippen LogP) is 1.73. The molecule has 0 aliphatic carbocycles. The molecule has 0 bridgehead atoms. The lowest BCUT2D eigenvalue weighted by Crippen LogP contribution is -2.41. The largest absolute Gasteiger partial charge is 0.342 e. The van der Waals surface area contributed by atoms with Gasteiger partial charge < -0.3 is 10.2 Å². The molecule has 5 heteroatoms. The van der Waals surface area contributed by atoms with Gasteiger partial charge in [-0.25, -0.2) is 4.98 Å². The zero-order chi connectivity index (χ0) is 14.5. The average Bonchev–Trinajstić information content (AvgIpc) is 2.55. The molecule has 0 radical (unpaired) electrons. The molecule has 2 aromatic rings. The summed E-state index contributed by atoms with van der Waals surface area (Å²) in [5.74, 6) is 0.184. The van der Waals surface area contributed by atoms with E-state index in [0.29, 0.717) is 13.1 Å². The molecule has 1 saturated heterocycles. The molecule has 2 heterocycles. The number of nitrogens with zero attached hydrogens (tertiary/aromatic N) is 3. The lowest BCUT2D eigenvalue weighted by Gasteiger charge is -2.26. The molecule has 1 aliphatic heterocycles. The number of aromatic nitrogens is 2. The molecule has 110 valence electrons. The number of hydrogen-bond donors (Lipinski definition) is 1. The van der Waals surface area contributed by atoms with Gasteiger partial charge in [0.2, 0.25) is 5.91 Å². The van der Waals surface area contributed by atoms with Gasteiger partial charge >= 0.3 is 0 Å². The molecular formula is C16H20N4O. The monoisotopic (exact) mass is 284 g/mol. The van der Waals surface area contributed by atoms with E-state index in [2.05, 4.69) is 15.3 Å². The van der Waals surface area contributed by atoms with Crippen LogP contribution in [0.1, 0.15) is 25.0 Å². The predicted molar refractivity (Wildman–Crippen MR) is 81.7 cm³/mol. The molecule has 0 saturated carbocycles. The number of likely N-dealkylation sites (tertiary alicyclic amines) is 1. The topological polar surface area (TPSA) is 58.1 Å². The van der Waals surface area contributed by atoms with E-state index in [1.807, 2.05) is 29.2 Å². The van der Waals surface area contributed by atoms with E-state index in [0.717, 1.165) is 42.7 Å². The molecule has 1 N–H and O–H groups in total. The summed E-state index contributed by atoms with van der Waals surface area (Å²) in [6.07, 6.45) is 5.26. The summed E-state index contributed by atoms with van der Waals surface area (Å²) in [7, 11) is 0. The number of rotatable bonds is 4. The van der Waals surface area contributed by atoms with Gasteiger partial charge in [-0.1, -0.05) is 12.1 Å².